The van der Waals surface area contributed by atoms with Gasteiger partial charge in [0, 0.05) is 23.0 Å². The minimum absolute atomic E-state index is 0.0519. The van der Waals surface area contributed by atoms with Gasteiger partial charge in [0.1, 0.15) is 11.4 Å². The first-order valence-electron chi connectivity index (χ1n) is 8.47. The van der Waals surface area contributed by atoms with Gasteiger partial charge in [0.05, 0.1) is 31.0 Å². The van der Waals surface area contributed by atoms with Gasteiger partial charge in [-0.3, -0.25) is 0 Å². The van der Waals surface area contributed by atoms with Gasteiger partial charge in [-0.15, -0.1) is 0 Å². The molecule has 0 aliphatic heterocycles. The van der Waals surface area contributed by atoms with E-state index in [1.165, 1.54) is 12.8 Å². The molecule has 0 bridgehead atoms. The molecule has 0 saturated heterocycles. The summed E-state index contributed by atoms with van der Waals surface area (Å²) in [6.45, 7) is 2.07. The van der Waals surface area contributed by atoms with Crippen LogP contribution >= 0.6 is 0 Å². The first-order valence-corrected chi connectivity index (χ1v) is 8.47. The van der Waals surface area contributed by atoms with Gasteiger partial charge in [-0.05, 0) is 44.2 Å². The van der Waals surface area contributed by atoms with Crippen LogP contribution in [0.25, 0.3) is 21.5 Å². The lowest BCUT2D eigenvalue weighted by Crippen LogP contribution is -2.11. The minimum Gasteiger partial charge on any atom is -0.489 e. The van der Waals surface area contributed by atoms with E-state index in [1.807, 2.05) is 6.07 Å². The number of azide groups is 1. The summed E-state index contributed by atoms with van der Waals surface area (Å²) in [6.07, 6.45) is 6.31. The highest BCUT2D eigenvalue weighted by Crippen LogP contribution is 2.30. The molecule has 132 valence electrons. The number of rotatable bonds is 6. The zero-order valence-corrected chi connectivity index (χ0v) is 14.4. The number of ether oxygens (including phenoxy) is 2. The van der Waals surface area contributed by atoms with E-state index in [0.29, 0.717) is 28.0 Å². The van der Waals surface area contributed by atoms with Crippen molar-refractivity contribution in [2.45, 2.75) is 45.3 Å². The van der Waals surface area contributed by atoms with Gasteiger partial charge in [-0.25, -0.2) is 9.78 Å². The van der Waals surface area contributed by atoms with Crippen LogP contribution in [0, 0.1) is 0 Å². The molecule has 0 atom stereocenters. The molecule has 1 aliphatic carbocycles. The Labute approximate surface area is 145 Å². The van der Waals surface area contributed by atoms with Crippen LogP contribution in [0.2, 0.25) is 0 Å². The van der Waals surface area contributed by atoms with Crippen LogP contribution in [0.5, 0.6) is 5.75 Å². The Bertz CT molecular complexity index is 832. The van der Waals surface area contributed by atoms with Gasteiger partial charge in [0.15, 0.2) is 0 Å². The second-order valence-electron chi connectivity index (χ2n) is 6.06. The van der Waals surface area contributed by atoms with Crippen molar-refractivity contribution < 1.29 is 14.3 Å². The van der Waals surface area contributed by atoms with Crippen molar-refractivity contribution in [3.63, 3.8) is 0 Å². The third kappa shape index (κ3) is 3.39. The third-order valence-corrected chi connectivity index (χ3v) is 4.49. The SMILES string of the molecule is CCOC(=O)c1c(CN=[N+]=[N-])n(C)c2ncc(OC3CCCC3)cc12. The van der Waals surface area contributed by atoms with Crippen molar-refractivity contribution >= 4 is 17.0 Å². The molecule has 0 unspecified atom stereocenters. The summed E-state index contributed by atoms with van der Waals surface area (Å²) in [7, 11) is 1.79. The molecule has 2 heterocycles. The quantitative estimate of drug-likeness (QED) is 0.343. The number of aromatic nitrogens is 2. The molecular formula is C17H21N5O3. The second-order valence-corrected chi connectivity index (χ2v) is 6.06. The van der Waals surface area contributed by atoms with E-state index in [4.69, 9.17) is 15.0 Å². The van der Waals surface area contributed by atoms with Gasteiger partial charge in [0.25, 0.3) is 0 Å². The second kappa shape index (κ2) is 7.44. The molecule has 1 aliphatic rings. The van der Waals surface area contributed by atoms with Crippen molar-refractivity contribution in [3.05, 3.63) is 34.0 Å². The van der Waals surface area contributed by atoms with Crippen LogP contribution < -0.4 is 4.74 Å². The molecule has 2 aromatic heterocycles. The van der Waals surface area contributed by atoms with Crippen LogP contribution in [0.4, 0.5) is 0 Å². The molecule has 25 heavy (non-hydrogen) atoms. The fraction of sp³-hybridized carbons (Fsp3) is 0.529. The van der Waals surface area contributed by atoms with E-state index in [-0.39, 0.29) is 19.3 Å². The van der Waals surface area contributed by atoms with Crippen LogP contribution in [-0.2, 0) is 18.3 Å². The predicted octanol–water partition coefficient (Wildman–Crippen LogP) is 3.88. The molecule has 1 saturated carbocycles. The first kappa shape index (κ1) is 17.1. The Hall–Kier alpha value is -2.73. The topological polar surface area (TPSA) is 102 Å². The summed E-state index contributed by atoms with van der Waals surface area (Å²) in [4.78, 5) is 19.7. The number of esters is 1. The molecule has 8 nitrogen and oxygen atoms in total. The van der Waals surface area contributed by atoms with Crippen LogP contribution in [-0.4, -0.2) is 28.2 Å². The summed E-state index contributed by atoms with van der Waals surface area (Å²) < 4.78 is 12.9. The number of nitrogens with zero attached hydrogens (tertiary/aromatic N) is 5. The van der Waals surface area contributed by atoms with Gasteiger partial charge in [0.2, 0.25) is 0 Å². The number of carbonyl (C=O) groups is 1. The predicted molar refractivity (Wildman–Crippen MR) is 92.4 cm³/mol. The summed E-state index contributed by atoms with van der Waals surface area (Å²) in [6, 6.07) is 1.83. The Morgan fingerprint density at radius 1 is 1.48 bits per heavy atom. The highest BCUT2D eigenvalue weighted by Gasteiger charge is 2.24. The molecule has 0 aromatic carbocycles. The van der Waals surface area contributed by atoms with Gasteiger partial charge in [-0.1, -0.05) is 5.11 Å². The Morgan fingerprint density at radius 3 is 2.92 bits per heavy atom. The van der Waals surface area contributed by atoms with Crippen molar-refractivity contribution in [2.75, 3.05) is 6.61 Å². The lowest BCUT2D eigenvalue weighted by atomic mass is 10.1. The van der Waals surface area contributed by atoms with Gasteiger partial charge < -0.3 is 14.0 Å². The fourth-order valence-electron chi connectivity index (χ4n) is 3.32. The maximum atomic E-state index is 12.5. The minimum atomic E-state index is -0.448. The number of carbonyl (C=O) groups excluding carboxylic acids is 1. The standard InChI is InChI=1S/C17H21N5O3/c1-3-24-17(23)15-13-8-12(25-11-6-4-5-7-11)9-19-16(13)22(2)14(15)10-20-21-18/h8-9,11H,3-7,10H2,1-2H3. The number of aryl methyl sites for hydroxylation is 1. The first-order chi connectivity index (χ1) is 12.2. The molecule has 0 radical (unpaired) electrons. The molecule has 0 spiro atoms. The van der Waals surface area contributed by atoms with E-state index in [1.54, 1.807) is 24.7 Å². The van der Waals surface area contributed by atoms with Crippen molar-refractivity contribution in [1.29, 1.82) is 0 Å². The molecule has 0 N–H and O–H groups in total. The lowest BCUT2D eigenvalue weighted by molar-refractivity contribution is 0.0527. The van der Waals surface area contributed by atoms with E-state index in [2.05, 4.69) is 15.0 Å². The lowest BCUT2D eigenvalue weighted by Gasteiger charge is -2.12. The molecule has 3 rings (SSSR count). The van der Waals surface area contributed by atoms with E-state index in [9.17, 15) is 4.79 Å². The summed E-state index contributed by atoms with van der Waals surface area (Å²) in [5.74, 6) is 0.196. The molecule has 2 aromatic rings. The van der Waals surface area contributed by atoms with Crippen LogP contribution in [0.15, 0.2) is 17.4 Å². The summed E-state index contributed by atoms with van der Waals surface area (Å²) >= 11 is 0. The summed E-state index contributed by atoms with van der Waals surface area (Å²) in [5.41, 5.74) is 10.2. The third-order valence-electron chi connectivity index (χ3n) is 4.49. The van der Waals surface area contributed by atoms with Gasteiger partial charge >= 0.3 is 5.97 Å². The molecule has 1 fully saturated rings. The normalized spacial score (nSPS) is 14.5. The molecule has 0 amide bonds. The largest absolute Gasteiger partial charge is 0.489 e. The monoisotopic (exact) mass is 343 g/mol. The van der Waals surface area contributed by atoms with Crippen LogP contribution in [0.1, 0.15) is 48.7 Å². The van der Waals surface area contributed by atoms with E-state index >= 15 is 0 Å². The van der Waals surface area contributed by atoms with Crippen molar-refractivity contribution in [3.8, 4) is 5.75 Å². The Morgan fingerprint density at radius 2 is 2.24 bits per heavy atom. The maximum Gasteiger partial charge on any atom is 0.340 e. The zero-order valence-electron chi connectivity index (χ0n) is 14.4. The summed E-state index contributed by atoms with van der Waals surface area (Å²) in [5, 5.41) is 4.25. The number of fused-ring (bicyclic) bond motifs is 1. The number of pyridine rings is 1. The average Bonchev–Trinajstić information content (AvgIpc) is 3.20. The van der Waals surface area contributed by atoms with Crippen molar-refractivity contribution in [1.82, 2.24) is 9.55 Å². The Kier molecular flexibility index (Phi) is 5.09. The maximum absolute atomic E-state index is 12.5. The van der Waals surface area contributed by atoms with E-state index < -0.39 is 5.97 Å². The smallest absolute Gasteiger partial charge is 0.340 e. The number of hydrogen-bond acceptors (Lipinski definition) is 5. The van der Waals surface area contributed by atoms with Gasteiger partial charge in [-0.2, -0.15) is 0 Å². The van der Waals surface area contributed by atoms with Crippen molar-refractivity contribution in [2.24, 2.45) is 12.2 Å². The number of hydrogen-bond donors (Lipinski definition) is 0. The zero-order chi connectivity index (χ0) is 17.8. The molecular weight excluding hydrogens is 322 g/mol. The fourth-order valence-corrected chi connectivity index (χ4v) is 3.32. The molecule has 8 heteroatoms. The highest BCUT2D eigenvalue weighted by atomic mass is 16.5. The van der Waals surface area contributed by atoms with E-state index in [0.717, 1.165) is 12.8 Å². The Balaban J connectivity index is 2.07. The average molecular weight is 343 g/mol. The van der Waals surface area contributed by atoms with Crippen LogP contribution in [0.3, 0.4) is 0 Å². The highest BCUT2D eigenvalue weighted by molar-refractivity contribution is 6.05.